The number of nitrogens with zero attached hydrogens (tertiary/aromatic N) is 7. The highest BCUT2D eigenvalue weighted by molar-refractivity contribution is 7.22. The van der Waals surface area contributed by atoms with Crippen LogP contribution in [0.15, 0.2) is 66.2 Å². The van der Waals surface area contributed by atoms with Crippen LogP contribution in [0, 0.1) is 56.2 Å². The minimum absolute atomic E-state index is 0.0649. The molecule has 2 saturated heterocycles. The van der Waals surface area contributed by atoms with Crippen LogP contribution in [0.25, 0.3) is 20.7 Å². The number of nitro groups is 2. The van der Waals surface area contributed by atoms with E-state index in [0.717, 1.165) is 60.7 Å². The molecule has 4 heterocycles. The monoisotopic (exact) mass is 933 g/mol. The van der Waals surface area contributed by atoms with Gasteiger partial charge in [-0.25, -0.2) is 9.80 Å². The van der Waals surface area contributed by atoms with Crippen molar-refractivity contribution in [2.24, 2.45) is 36.1 Å². The number of thiophene rings is 1. The first kappa shape index (κ1) is 43.4. The van der Waals surface area contributed by atoms with E-state index >= 15 is 9.59 Å². The fraction of sp³-hybridized carbons (Fsp3) is 0.326. The molecule has 5 aromatic rings. The number of anilines is 3. The summed E-state index contributed by atoms with van der Waals surface area (Å²) in [6, 6.07) is 11.5. The predicted octanol–water partition coefficient (Wildman–Crippen LogP) is 8.19. The average Bonchev–Trinajstić information content (AvgIpc) is 3.90. The van der Waals surface area contributed by atoms with Gasteiger partial charge in [-0.2, -0.15) is 5.10 Å². The van der Waals surface area contributed by atoms with Gasteiger partial charge in [0.1, 0.15) is 23.0 Å². The zero-order valence-electron chi connectivity index (χ0n) is 34.7. The van der Waals surface area contributed by atoms with E-state index in [1.54, 1.807) is 18.2 Å². The molecular weight excluding hydrogens is 899 g/mol. The number of allylic oxidation sites excluding steroid dienone is 2. The van der Waals surface area contributed by atoms with Crippen LogP contribution in [0.2, 0.25) is 5.02 Å². The maximum absolute atomic E-state index is 15.2. The number of phenolic OH excluding ortho intramolecular Hbond substituents is 1. The summed E-state index contributed by atoms with van der Waals surface area (Å²) < 4.78 is 47.4. The Hall–Kier alpha value is -6.87. The minimum Gasteiger partial charge on any atom is -0.508 e. The highest BCUT2D eigenvalue weighted by atomic mass is 35.5. The van der Waals surface area contributed by atoms with Gasteiger partial charge in [0.2, 0.25) is 23.6 Å². The summed E-state index contributed by atoms with van der Waals surface area (Å²) in [5.74, 6) is -10.7. The second-order valence-electron chi connectivity index (χ2n) is 16.9. The highest BCUT2D eigenvalue weighted by Gasteiger charge is 2.68. The van der Waals surface area contributed by atoms with E-state index < -0.39 is 103 Å². The first-order valence-electron chi connectivity index (χ1n) is 19.9. The molecule has 0 bridgehead atoms. The van der Waals surface area contributed by atoms with Crippen LogP contribution in [0.4, 0.5) is 41.7 Å². The number of fused-ring (bicyclic) bond motifs is 5. The number of carbonyl (C=O) groups is 4. The van der Waals surface area contributed by atoms with Crippen molar-refractivity contribution in [2.45, 2.75) is 39.0 Å². The lowest BCUT2D eigenvalue weighted by atomic mass is 9.51. The Bertz CT molecular complexity index is 2990. The van der Waals surface area contributed by atoms with E-state index in [1.807, 2.05) is 19.1 Å². The predicted molar refractivity (Wildman–Crippen MR) is 230 cm³/mol. The molecule has 2 aromatic heterocycles. The number of alkyl halides is 3. The Morgan fingerprint density at radius 2 is 1.63 bits per heavy atom. The Balaban J connectivity index is 1.17. The van der Waals surface area contributed by atoms with Crippen molar-refractivity contribution in [3.63, 3.8) is 0 Å². The normalized spacial score (nSPS) is 24.0. The lowest BCUT2D eigenvalue weighted by molar-refractivity contribution is -0.392. The summed E-state index contributed by atoms with van der Waals surface area (Å²) in [6.45, 7) is 3.35. The van der Waals surface area contributed by atoms with Gasteiger partial charge in [0.25, 0.3) is 0 Å². The number of hydrogen-bond donors (Lipinski definition) is 1. The van der Waals surface area contributed by atoms with Gasteiger partial charge in [0, 0.05) is 60.5 Å². The summed E-state index contributed by atoms with van der Waals surface area (Å²) in [5, 5.41) is 42.0. The number of rotatable bonds is 8. The van der Waals surface area contributed by atoms with Crippen molar-refractivity contribution in [3.8, 4) is 22.1 Å². The minimum atomic E-state index is -5.16. The highest BCUT2D eigenvalue weighted by Crippen LogP contribution is 2.65. The topological polar surface area (TPSA) is 212 Å². The SMILES string of the molecule is Cc1c(-c2cc(N3C(=O)[C@@H]4C[C@@H]5C(=CC[C@@H]6C(=O)N(c7cc([N+](=O)[O-])c(N(C)C)c([N+](=O)[O-])c7)C(=O)[C@@H]65)[C@H](c5cc(OC(F)(F)F)ccc5O)[C@]4(C)C3=O)n(C)n2)sc2ccc(Cl)cc12. The molecule has 22 heteroatoms. The van der Waals surface area contributed by atoms with Crippen molar-refractivity contribution < 1.29 is 52.0 Å². The van der Waals surface area contributed by atoms with Crippen molar-refractivity contribution in [1.82, 2.24) is 9.78 Å². The van der Waals surface area contributed by atoms with E-state index in [1.165, 1.54) is 44.1 Å². The third-order valence-electron chi connectivity index (χ3n) is 13.2. The molecule has 0 unspecified atom stereocenters. The Kier molecular flexibility index (Phi) is 9.91. The van der Waals surface area contributed by atoms with Crippen LogP contribution in [0.3, 0.4) is 0 Å². The number of carbonyl (C=O) groups excluding carboxylic acids is 4. The molecule has 3 fully saturated rings. The van der Waals surface area contributed by atoms with Crippen LogP contribution >= 0.6 is 22.9 Å². The lowest BCUT2D eigenvalue weighted by Crippen LogP contribution is -2.49. The van der Waals surface area contributed by atoms with E-state index in [0.29, 0.717) is 15.6 Å². The number of ether oxygens (including phenoxy) is 1. The average molecular weight is 934 g/mol. The quantitative estimate of drug-likeness (QED) is 0.0676. The van der Waals surface area contributed by atoms with Crippen molar-refractivity contribution in [3.05, 3.63) is 103 Å². The van der Waals surface area contributed by atoms with Crippen molar-refractivity contribution in [1.29, 1.82) is 0 Å². The molecule has 0 spiro atoms. The van der Waals surface area contributed by atoms with Crippen molar-refractivity contribution >= 4 is 85.2 Å². The van der Waals surface area contributed by atoms with Gasteiger partial charge < -0.3 is 14.7 Å². The number of aryl methyl sites for hydroxylation is 2. The molecule has 17 nitrogen and oxygen atoms in total. The number of benzene rings is 3. The molecule has 1 saturated carbocycles. The third kappa shape index (κ3) is 6.52. The van der Waals surface area contributed by atoms with Crippen LogP contribution < -0.4 is 19.4 Å². The number of imide groups is 2. The summed E-state index contributed by atoms with van der Waals surface area (Å²) in [5.41, 5.74) is -2.81. The van der Waals surface area contributed by atoms with Crippen molar-refractivity contribution in [2.75, 3.05) is 28.8 Å². The van der Waals surface area contributed by atoms with Crippen LogP contribution in [0.1, 0.15) is 36.8 Å². The fourth-order valence-electron chi connectivity index (χ4n) is 10.5. The maximum atomic E-state index is 15.2. The van der Waals surface area contributed by atoms with Gasteiger partial charge in [0.05, 0.1) is 43.6 Å². The summed E-state index contributed by atoms with van der Waals surface area (Å²) >= 11 is 7.70. The van der Waals surface area contributed by atoms with Gasteiger partial charge in [-0.15, -0.1) is 24.5 Å². The van der Waals surface area contributed by atoms with E-state index in [-0.39, 0.29) is 35.5 Å². The molecule has 336 valence electrons. The zero-order valence-corrected chi connectivity index (χ0v) is 36.3. The van der Waals surface area contributed by atoms with Gasteiger partial charge in [-0.05, 0) is 80.0 Å². The van der Waals surface area contributed by atoms with Crippen LogP contribution in [-0.4, -0.2) is 68.8 Å². The van der Waals surface area contributed by atoms with Crippen LogP contribution in [0.5, 0.6) is 11.5 Å². The van der Waals surface area contributed by atoms with Gasteiger partial charge >= 0.3 is 17.7 Å². The molecule has 6 atom stereocenters. The summed E-state index contributed by atoms with van der Waals surface area (Å²) in [7, 11) is 4.24. The Morgan fingerprint density at radius 3 is 2.26 bits per heavy atom. The molecule has 4 aliphatic rings. The number of hydrogen-bond acceptors (Lipinski definition) is 13. The van der Waals surface area contributed by atoms with Crippen LogP contribution in [-0.2, 0) is 26.2 Å². The smallest absolute Gasteiger partial charge is 0.508 e. The number of aromatic nitrogens is 2. The molecule has 1 N–H and O–H groups in total. The van der Waals surface area contributed by atoms with E-state index in [9.17, 15) is 48.1 Å². The molecule has 3 aromatic carbocycles. The van der Waals surface area contributed by atoms with Gasteiger partial charge in [-0.3, -0.25) is 44.1 Å². The standard InChI is InChI=1S/C43H35ClF3N7O10S/c1-18-24-12-19(44)6-11-32(24)65-37(18)28-17-33(50(5)48-28)52-39(57)27-16-25-22(35(42(27,2)41(52)59)26-15-21(7-10-31(26)55)64-43(45,46)47)8-9-23-34(25)40(58)51(38(23)56)20-13-29(53(60)61)36(49(3)4)30(14-20)54(62)63/h6-8,10-15,17,23,25,27,34-35,55H,9,16H2,1-5H3/t23-,25+,27-,34-,35+,42+/m0/s1. The molecule has 2 aliphatic heterocycles. The molecular formula is C43H35ClF3N7O10S. The fourth-order valence-corrected chi connectivity index (χ4v) is 11.8. The summed E-state index contributed by atoms with van der Waals surface area (Å²) in [6.07, 6.45) is -3.99. The molecule has 9 rings (SSSR count). The maximum Gasteiger partial charge on any atom is 0.573 e. The molecule has 4 amide bonds. The number of halogens is 4. The number of aromatic hydroxyl groups is 1. The summed E-state index contributed by atoms with van der Waals surface area (Å²) in [4.78, 5) is 85.5. The second-order valence-corrected chi connectivity index (χ2v) is 18.4. The Labute approximate surface area is 374 Å². The van der Waals surface area contributed by atoms with Gasteiger partial charge in [-0.1, -0.05) is 23.3 Å². The number of nitro benzene ring substituents is 2. The molecule has 2 aliphatic carbocycles. The van der Waals surface area contributed by atoms with E-state index in [4.69, 9.17) is 11.6 Å². The second kappa shape index (κ2) is 14.8. The lowest BCUT2D eigenvalue weighted by Gasteiger charge is -2.49. The third-order valence-corrected chi connectivity index (χ3v) is 14.7. The van der Waals surface area contributed by atoms with Gasteiger partial charge in [0.15, 0.2) is 5.69 Å². The Morgan fingerprint density at radius 1 is 0.954 bits per heavy atom. The molecule has 65 heavy (non-hydrogen) atoms. The first-order chi connectivity index (χ1) is 30.5. The number of phenols is 1. The first-order valence-corrected chi connectivity index (χ1v) is 21.1. The largest absolute Gasteiger partial charge is 0.573 e. The zero-order chi connectivity index (χ0) is 46.9. The van der Waals surface area contributed by atoms with E-state index in [2.05, 4.69) is 9.84 Å². The number of amides is 4. The molecule has 0 radical (unpaired) electrons.